The van der Waals surface area contributed by atoms with E-state index in [0.29, 0.717) is 6.04 Å². The second-order valence-corrected chi connectivity index (χ2v) is 8.08. The highest BCUT2D eigenvalue weighted by Gasteiger charge is 2.33. The third kappa shape index (κ3) is 2.95. The van der Waals surface area contributed by atoms with Gasteiger partial charge in [0.1, 0.15) is 0 Å². The summed E-state index contributed by atoms with van der Waals surface area (Å²) in [6.45, 7) is 6.76. The van der Waals surface area contributed by atoms with Gasteiger partial charge in [-0.05, 0) is 68.1 Å². The third-order valence-corrected chi connectivity index (χ3v) is 6.38. The Kier molecular flexibility index (Phi) is 4.21. The molecule has 2 aromatic carbocycles. The zero-order valence-corrected chi connectivity index (χ0v) is 16.2. The topological polar surface area (TPSA) is 31.0 Å². The molecule has 0 bridgehead atoms. The SMILES string of the molecule is Cc1ccc(N2CCN(C)CC2)c2c1CC[C@@H](N1ONc3ccccc31)C2. The third-order valence-electron chi connectivity index (χ3n) is 6.38. The molecule has 1 aliphatic carbocycles. The molecule has 0 spiro atoms. The van der Waals surface area contributed by atoms with Crippen molar-refractivity contribution in [2.75, 3.05) is 48.7 Å². The molecule has 0 aromatic heterocycles. The number of hydroxylamine groups is 1. The zero-order valence-electron chi connectivity index (χ0n) is 16.2. The lowest BCUT2D eigenvalue weighted by molar-refractivity contribution is 0.147. The number of para-hydroxylation sites is 2. The van der Waals surface area contributed by atoms with Crippen molar-refractivity contribution in [3.8, 4) is 0 Å². The molecule has 0 unspecified atom stereocenters. The highest BCUT2D eigenvalue weighted by Crippen LogP contribution is 2.39. The summed E-state index contributed by atoms with van der Waals surface area (Å²) in [6, 6.07) is 13.4. The van der Waals surface area contributed by atoms with Crippen LogP contribution in [0.2, 0.25) is 0 Å². The zero-order chi connectivity index (χ0) is 18.4. The summed E-state index contributed by atoms with van der Waals surface area (Å²) in [5.41, 5.74) is 11.3. The predicted octanol–water partition coefficient (Wildman–Crippen LogP) is 3.38. The minimum atomic E-state index is 0.363. The number of hydrogen-bond acceptors (Lipinski definition) is 5. The lowest BCUT2D eigenvalue weighted by Crippen LogP contribution is -2.45. The summed E-state index contributed by atoms with van der Waals surface area (Å²) in [6.07, 6.45) is 3.28. The molecule has 5 heteroatoms. The molecule has 2 heterocycles. The summed E-state index contributed by atoms with van der Waals surface area (Å²) in [5.74, 6) is 0. The molecule has 27 heavy (non-hydrogen) atoms. The van der Waals surface area contributed by atoms with Crippen molar-refractivity contribution in [3.63, 3.8) is 0 Å². The lowest BCUT2D eigenvalue weighted by Gasteiger charge is -2.38. The largest absolute Gasteiger partial charge is 0.369 e. The molecule has 5 rings (SSSR count). The Morgan fingerprint density at radius 3 is 2.63 bits per heavy atom. The van der Waals surface area contributed by atoms with Crippen LogP contribution in [0.5, 0.6) is 0 Å². The van der Waals surface area contributed by atoms with Crippen LogP contribution in [-0.4, -0.2) is 44.2 Å². The molecule has 0 saturated carbocycles. The summed E-state index contributed by atoms with van der Waals surface area (Å²) in [5, 5.41) is 2.09. The van der Waals surface area contributed by atoms with Crippen LogP contribution < -0.4 is 15.4 Å². The fraction of sp³-hybridized carbons (Fsp3) is 0.455. The number of likely N-dealkylation sites (N-methyl/N-ethyl adjacent to an activating group) is 1. The Balaban J connectivity index is 1.45. The minimum Gasteiger partial charge on any atom is -0.369 e. The van der Waals surface area contributed by atoms with E-state index in [2.05, 4.69) is 64.6 Å². The molecule has 3 aliphatic rings. The van der Waals surface area contributed by atoms with Gasteiger partial charge in [0.2, 0.25) is 0 Å². The van der Waals surface area contributed by atoms with Crippen molar-refractivity contribution in [1.82, 2.24) is 4.90 Å². The fourth-order valence-electron chi connectivity index (χ4n) is 4.74. The van der Waals surface area contributed by atoms with E-state index in [9.17, 15) is 0 Å². The highest BCUT2D eigenvalue weighted by atomic mass is 16.8. The van der Waals surface area contributed by atoms with Crippen LogP contribution in [0.4, 0.5) is 17.1 Å². The number of aryl methyl sites for hydroxylation is 1. The molecule has 1 fully saturated rings. The normalized spacial score (nSPS) is 22.4. The molecule has 1 saturated heterocycles. The van der Waals surface area contributed by atoms with Gasteiger partial charge in [-0.3, -0.25) is 0 Å². The predicted molar refractivity (Wildman–Crippen MR) is 110 cm³/mol. The van der Waals surface area contributed by atoms with E-state index < -0.39 is 0 Å². The van der Waals surface area contributed by atoms with Gasteiger partial charge in [-0.25, -0.2) is 10.5 Å². The maximum Gasteiger partial charge on any atom is 0.0919 e. The number of piperazine rings is 1. The van der Waals surface area contributed by atoms with Gasteiger partial charge in [-0.15, -0.1) is 0 Å². The maximum absolute atomic E-state index is 5.87. The first-order valence-electron chi connectivity index (χ1n) is 10.1. The van der Waals surface area contributed by atoms with Gasteiger partial charge in [0.05, 0.1) is 17.4 Å². The molecule has 2 aromatic rings. The molecule has 142 valence electrons. The summed E-state index contributed by atoms with van der Waals surface area (Å²) < 4.78 is 0. The van der Waals surface area contributed by atoms with E-state index >= 15 is 0 Å². The average molecular weight is 364 g/mol. The van der Waals surface area contributed by atoms with Crippen molar-refractivity contribution in [2.24, 2.45) is 0 Å². The van der Waals surface area contributed by atoms with Gasteiger partial charge < -0.3 is 9.80 Å². The van der Waals surface area contributed by atoms with Gasteiger partial charge in [0.25, 0.3) is 0 Å². The molecule has 0 amide bonds. The van der Waals surface area contributed by atoms with Crippen molar-refractivity contribution < 1.29 is 4.94 Å². The number of nitrogens with one attached hydrogen (secondary N) is 1. The van der Waals surface area contributed by atoms with Crippen LogP contribution in [0, 0.1) is 6.92 Å². The Bertz CT molecular complexity index is 844. The summed E-state index contributed by atoms with van der Waals surface area (Å²) in [7, 11) is 2.22. The first-order valence-corrected chi connectivity index (χ1v) is 10.1. The number of benzene rings is 2. The van der Waals surface area contributed by atoms with E-state index in [0.717, 1.165) is 56.8 Å². The summed E-state index contributed by atoms with van der Waals surface area (Å²) >= 11 is 0. The van der Waals surface area contributed by atoms with E-state index in [1.165, 1.54) is 16.8 Å². The Labute approximate surface area is 161 Å². The number of anilines is 3. The molecule has 2 aliphatic heterocycles. The number of nitrogens with zero attached hydrogens (tertiary/aromatic N) is 3. The van der Waals surface area contributed by atoms with Crippen LogP contribution in [0.15, 0.2) is 36.4 Å². The first-order chi connectivity index (χ1) is 13.2. The Morgan fingerprint density at radius 2 is 1.78 bits per heavy atom. The van der Waals surface area contributed by atoms with Crippen molar-refractivity contribution in [2.45, 2.75) is 32.2 Å². The molecular weight excluding hydrogens is 336 g/mol. The monoisotopic (exact) mass is 364 g/mol. The van der Waals surface area contributed by atoms with Crippen LogP contribution in [0.1, 0.15) is 23.1 Å². The second-order valence-electron chi connectivity index (χ2n) is 8.08. The smallest absolute Gasteiger partial charge is 0.0919 e. The fourth-order valence-corrected chi connectivity index (χ4v) is 4.74. The van der Waals surface area contributed by atoms with Crippen LogP contribution in [-0.2, 0) is 17.8 Å². The molecular formula is C22H28N4O. The Morgan fingerprint density at radius 1 is 0.963 bits per heavy atom. The Hall–Kier alpha value is -2.24. The van der Waals surface area contributed by atoms with Gasteiger partial charge in [0, 0.05) is 31.9 Å². The van der Waals surface area contributed by atoms with Gasteiger partial charge in [-0.2, -0.15) is 4.94 Å². The highest BCUT2D eigenvalue weighted by molar-refractivity contribution is 5.71. The lowest BCUT2D eigenvalue weighted by atomic mass is 9.84. The van der Waals surface area contributed by atoms with E-state index in [1.54, 1.807) is 5.56 Å². The van der Waals surface area contributed by atoms with Crippen molar-refractivity contribution >= 4 is 17.1 Å². The van der Waals surface area contributed by atoms with E-state index in [1.807, 2.05) is 6.07 Å². The minimum absolute atomic E-state index is 0.363. The van der Waals surface area contributed by atoms with Crippen molar-refractivity contribution in [3.05, 3.63) is 53.1 Å². The van der Waals surface area contributed by atoms with Crippen LogP contribution in [0.3, 0.4) is 0 Å². The molecule has 5 nitrogen and oxygen atoms in total. The molecule has 1 atom stereocenters. The van der Waals surface area contributed by atoms with Gasteiger partial charge in [0.15, 0.2) is 0 Å². The average Bonchev–Trinajstić information content (AvgIpc) is 3.13. The second kappa shape index (κ2) is 6.73. The first kappa shape index (κ1) is 16.9. The molecule has 0 radical (unpaired) electrons. The number of fused-ring (bicyclic) bond motifs is 2. The number of hydrogen-bond donors (Lipinski definition) is 1. The van der Waals surface area contributed by atoms with Crippen LogP contribution >= 0.6 is 0 Å². The molecule has 1 N–H and O–H groups in total. The van der Waals surface area contributed by atoms with Crippen molar-refractivity contribution in [1.29, 1.82) is 0 Å². The standard InChI is InChI=1S/C22H28N4O/c1-16-7-10-21(25-13-11-24(2)12-14-25)19-15-17(8-9-18(16)19)26-22-6-4-3-5-20(22)23-27-26/h3-7,10,17,23H,8-9,11-15H2,1-2H3/t17-/m1/s1. The van der Waals surface area contributed by atoms with Gasteiger partial charge in [-0.1, -0.05) is 18.2 Å². The van der Waals surface area contributed by atoms with Crippen LogP contribution in [0.25, 0.3) is 0 Å². The maximum atomic E-state index is 5.87. The quantitative estimate of drug-likeness (QED) is 0.883. The summed E-state index contributed by atoms with van der Waals surface area (Å²) in [4.78, 5) is 10.9. The van der Waals surface area contributed by atoms with Gasteiger partial charge >= 0.3 is 0 Å². The van der Waals surface area contributed by atoms with E-state index in [-0.39, 0.29) is 0 Å². The van der Waals surface area contributed by atoms with E-state index in [4.69, 9.17) is 4.94 Å². The number of rotatable bonds is 2.